The number of amides is 2. The van der Waals surface area contributed by atoms with Crippen LogP contribution in [0.5, 0.6) is 0 Å². The van der Waals surface area contributed by atoms with E-state index in [1.54, 1.807) is 0 Å². The van der Waals surface area contributed by atoms with Gasteiger partial charge in [-0.05, 0) is 62.1 Å². The van der Waals surface area contributed by atoms with E-state index >= 15 is 0 Å². The van der Waals surface area contributed by atoms with Crippen molar-refractivity contribution in [1.82, 2.24) is 14.8 Å². The van der Waals surface area contributed by atoms with E-state index in [1.165, 1.54) is 28.0 Å². The van der Waals surface area contributed by atoms with Crippen molar-refractivity contribution in [1.29, 1.82) is 5.26 Å². The lowest BCUT2D eigenvalue weighted by Gasteiger charge is -2.33. The number of hydrogen-bond donors (Lipinski definition) is 2. The zero-order chi connectivity index (χ0) is 27.4. The molecule has 2 heterocycles. The summed E-state index contributed by atoms with van der Waals surface area (Å²) in [5.41, 5.74) is 3.77. The third-order valence-corrected chi connectivity index (χ3v) is 9.09. The number of benzene rings is 1. The largest absolute Gasteiger partial charge is 0.326 e. The zero-order valence-electron chi connectivity index (χ0n) is 22.6. The van der Waals surface area contributed by atoms with Gasteiger partial charge in [0.1, 0.15) is 16.9 Å². The zero-order valence-corrected chi connectivity index (χ0v) is 24.2. The number of carbonyl (C=O) groups excluding carboxylic acids is 2. The molecule has 0 aliphatic heterocycles. The molecular weight excluding hydrogens is 516 g/mol. The van der Waals surface area contributed by atoms with Gasteiger partial charge in [0.2, 0.25) is 11.8 Å². The van der Waals surface area contributed by atoms with Crippen molar-refractivity contribution >= 4 is 45.6 Å². The molecule has 10 heteroatoms. The van der Waals surface area contributed by atoms with Crippen molar-refractivity contribution in [2.45, 2.75) is 72.0 Å². The Morgan fingerprint density at radius 3 is 2.58 bits per heavy atom. The number of aromatic nitrogens is 3. The van der Waals surface area contributed by atoms with Gasteiger partial charge in [0.25, 0.3) is 0 Å². The SMILES string of the molecule is CCn1c(CC(=O)Nc2ccc(C)cc2)nnc1SCC(=O)Nc1sc2c(c1C#N)CC[C@@H](C(C)(C)C)C2. The molecule has 200 valence electrons. The Kier molecular flexibility index (Phi) is 8.58. The van der Waals surface area contributed by atoms with Crippen molar-refractivity contribution < 1.29 is 9.59 Å². The number of rotatable bonds is 8. The van der Waals surface area contributed by atoms with E-state index in [0.717, 1.165) is 36.1 Å². The van der Waals surface area contributed by atoms with Gasteiger partial charge in [-0.1, -0.05) is 50.2 Å². The summed E-state index contributed by atoms with van der Waals surface area (Å²) < 4.78 is 1.85. The number of anilines is 2. The molecule has 1 aliphatic rings. The Balaban J connectivity index is 1.37. The van der Waals surface area contributed by atoms with Crippen molar-refractivity contribution in [3.05, 3.63) is 51.7 Å². The number of thiophene rings is 1. The molecule has 0 unspecified atom stereocenters. The predicted octanol–water partition coefficient (Wildman–Crippen LogP) is 5.60. The summed E-state index contributed by atoms with van der Waals surface area (Å²) in [6.45, 7) is 11.3. The molecule has 1 aromatic carbocycles. The first-order valence-electron chi connectivity index (χ1n) is 12.8. The molecule has 0 saturated heterocycles. The fraction of sp³-hybridized carbons (Fsp3) is 0.464. The van der Waals surface area contributed by atoms with Crippen LogP contribution in [0.15, 0.2) is 29.4 Å². The Bertz CT molecular complexity index is 1360. The van der Waals surface area contributed by atoms with Gasteiger partial charge in [-0.3, -0.25) is 9.59 Å². The van der Waals surface area contributed by atoms with Gasteiger partial charge in [0.05, 0.1) is 17.7 Å². The summed E-state index contributed by atoms with van der Waals surface area (Å²) in [5.74, 6) is 0.872. The van der Waals surface area contributed by atoms with Crippen molar-refractivity contribution in [2.24, 2.45) is 11.3 Å². The fourth-order valence-corrected chi connectivity index (χ4v) is 6.80. The topological polar surface area (TPSA) is 113 Å². The molecule has 1 atom stereocenters. The van der Waals surface area contributed by atoms with Gasteiger partial charge in [0.15, 0.2) is 5.16 Å². The minimum atomic E-state index is -0.193. The number of aryl methyl sites for hydroxylation is 1. The second kappa shape index (κ2) is 11.7. The molecule has 0 radical (unpaired) electrons. The summed E-state index contributed by atoms with van der Waals surface area (Å²) in [7, 11) is 0. The maximum atomic E-state index is 12.8. The highest BCUT2D eigenvalue weighted by molar-refractivity contribution is 7.99. The van der Waals surface area contributed by atoms with E-state index in [1.807, 2.05) is 42.7 Å². The molecule has 38 heavy (non-hydrogen) atoms. The van der Waals surface area contributed by atoms with Gasteiger partial charge in [-0.15, -0.1) is 21.5 Å². The summed E-state index contributed by atoms with van der Waals surface area (Å²) in [6, 6.07) is 9.93. The monoisotopic (exact) mass is 550 g/mol. The first-order chi connectivity index (χ1) is 18.1. The maximum Gasteiger partial charge on any atom is 0.235 e. The van der Waals surface area contributed by atoms with Crippen LogP contribution in [0.1, 0.15) is 61.5 Å². The average molecular weight is 551 g/mol. The summed E-state index contributed by atoms with van der Waals surface area (Å²) >= 11 is 2.81. The van der Waals surface area contributed by atoms with Crippen LogP contribution in [0, 0.1) is 29.6 Å². The van der Waals surface area contributed by atoms with E-state index in [-0.39, 0.29) is 29.4 Å². The molecule has 4 rings (SSSR count). The number of carbonyl (C=O) groups is 2. The molecule has 2 aromatic heterocycles. The predicted molar refractivity (Wildman–Crippen MR) is 153 cm³/mol. The molecule has 2 N–H and O–H groups in total. The van der Waals surface area contributed by atoms with E-state index < -0.39 is 0 Å². The van der Waals surface area contributed by atoms with Gasteiger partial charge in [-0.25, -0.2) is 0 Å². The highest BCUT2D eigenvalue weighted by Gasteiger charge is 2.32. The van der Waals surface area contributed by atoms with Crippen LogP contribution in [0.25, 0.3) is 0 Å². The van der Waals surface area contributed by atoms with Crippen LogP contribution in [-0.2, 0) is 35.4 Å². The standard InChI is InChI=1S/C28H34N6O2S2/c1-6-34-23(14-24(35)30-19-10-7-17(2)8-11-19)32-33-27(34)37-16-25(36)31-26-21(15-29)20-12-9-18(28(3,4)5)13-22(20)38-26/h7-8,10-11,18H,6,9,12-14,16H2,1-5H3,(H,30,35)(H,31,36)/t18-/m1/s1. The number of nitriles is 1. The molecule has 2 amide bonds. The molecule has 3 aromatic rings. The first kappa shape index (κ1) is 27.9. The molecule has 0 fully saturated rings. The number of thioether (sulfide) groups is 1. The van der Waals surface area contributed by atoms with Crippen LogP contribution < -0.4 is 10.6 Å². The fourth-order valence-electron chi connectivity index (χ4n) is 4.68. The number of hydrogen-bond acceptors (Lipinski definition) is 7. The van der Waals surface area contributed by atoms with E-state index in [4.69, 9.17) is 0 Å². The molecule has 8 nitrogen and oxygen atoms in total. The average Bonchev–Trinajstić information content (AvgIpc) is 3.42. The third kappa shape index (κ3) is 6.45. The molecule has 0 bridgehead atoms. The van der Waals surface area contributed by atoms with Crippen molar-refractivity contribution in [2.75, 3.05) is 16.4 Å². The highest BCUT2D eigenvalue weighted by atomic mass is 32.2. The van der Waals surface area contributed by atoms with Crippen molar-refractivity contribution in [3.8, 4) is 6.07 Å². The summed E-state index contributed by atoms with van der Waals surface area (Å²) in [6.07, 6.45) is 2.97. The van der Waals surface area contributed by atoms with Crippen LogP contribution in [0.2, 0.25) is 0 Å². The molecule has 0 saturated carbocycles. The number of nitrogens with zero attached hydrogens (tertiary/aromatic N) is 4. The lowest BCUT2D eigenvalue weighted by Crippen LogP contribution is -2.26. The first-order valence-corrected chi connectivity index (χ1v) is 14.6. The van der Waals surface area contributed by atoms with Gasteiger partial charge in [0, 0.05) is 17.1 Å². The van der Waals surface area contributed by atoms with E-state index in [0.29, 0.717) is 34.0 Å². The highest BCUT2D eigenvalue weighted by Crippen LogP contribution is 2.44. The van der Waals surface area contributed by atoms with E-state index in [9.17, 15) is 14.9 Å². The molecular formula is C28H34N6O2S2. The van der Waals surface area contributed by atoms with Gasteiger partial charge < -0.3 is 15.2 Å². The minimum Gasteiger partial charge on any atom is -0.326 e. The van der Waals surface area contributed by atoms with Crippen LogP contribution in [-0.4, -0.2) is 32.3 Å². The maximum absolute atomic E-state index is 12.8. The Morgan fingerprint density at radius 1 is 1.18 bits per heavy atom. The second-order valence-corrected chi connectivity index (χ2v) is 12.7. The smallest absolute Gasteiger partial charge is 0.235 e. The lowest BCUT2D eigenvalue weighted by atomic mass is 9.72. The number of fused-ring (bicyclic) bond motifs is 1. The van der Waals surface area contributed by atoms with E-state index in [2.05, 4.69) is 47.7 Å². The Hall–Kier alpha value is -3.16. The van der Waals surface area contributed by atoms with Crippen LogP contribution in [0.3, 0.4) is 0 Å². The van der Waals surface area contributed by atoms with Crippen molar-refractivity contribution in [3.63, 3.8) is 0 Å². The molecule has 1 aliphatic carbocycles. The van der Waals surface area contributed by atoms with Gasteiger partial charge in [-0.2, -0.15) is 5.26 Å². The Morgan fingerprint density at radius 2 is 1.92 bits per heavy atom. The third-order valence-electron chi connectivity index (χ3n) is 6.95. The molecule has 0 spiro atoms. The number of nitrogens with one attached hydrogen (secondary N) is 2. The summed E-state index contributed by atoms with van der Waals surface area (Å²) in [5, 5.41) is 25.3. The van der Waals surface area contributed by atoms with Crippen LogP contribution in [0.4, 0.5) is 10.7 Å². The normalized spacial score (nSPS) is 15.0. The summed E-state index contributed by atoms with van der Waals surface area (Å²) in [4.78, 5) is 26.6. The lowest BCUT2D eigenvalue weighted by molar-refractivity contribution is -0.116. The second-order valence-electron chi connectivity index (χ2n) is 10.7. The quantitative estimate of drug-likeness (QED) is 0.353. The minimum absolute atomic E-state index is 0.0866. The van der Waals surface area contributed by atoms with Gasteiger partial charge >= 0.3 is 0 Å². The Labute approximate surface area is 232 Å². The van der Waals surface area contributed by atoms with Crippen LogP contribution >= 0.6 is 23.1 Å².